The Hall–Kier alpha value is -0.610. The maximum atomic E-state index is 11.0. The molecule has 1 aliphatic rings. The fourth-order valence-electron chi connectivity index (χ4n) is 1.56. The number of ether oxygens (including phenoxy) is 3. The summed E-state index contributed by atoms with van der Waals surface area (Å²) in [7, 11) is 0. The van der Waals surface area contributed by atoms with Gasteiger partial charge in [-0.1, -0.05) is 6.42 Å². The number of hydrogen-bond acceptors (Lipinski definition) is 4. The Balaban J connectivity index is 1.86. The SMILES string of the molecule is CCOC(=O)CCCCCC1OCCO1. The third-order valence-corrected chi connectivity index (χ3v) is 2.32. The summed E-state index contributed by atoms with van der Waals surface area (Å²) < 4.78 is 15.4. The molecule has 1 fully saturated rings. The zero-order chi connectivity index (χ0) is 10.9. The van der Waals surface area contributed by atoms with Crippen molar-refractivity contribution in [3.8, 4) is 0 Å². The van der Waals surface area contributed by atoms with E-state index < -0.39 is 0 Å². The molecule has 1 aliphatic heterocycles. The molecule has 0 bridgehead atoms. The topological polar surface area (TPSA) is 44.8 Å². The maximum Gasteiger partial charge on any atom is 0.305 e. The van der Waals surface area contributed by atoms with Crippen LogP contribution in [0.3, 0.4) is 0 Å². The summed E-state index contributed by atoms with van der Waals surface area (Å²) in [5.74, 6) is -0.0918. The van der Waals surface area contributed by atoms with Crippen molar-refractivity contribution in [2.45, 2.75) is 45.3 Å². The average Bonchev–Trinajstić information content (AvgIpc) is 2.70. The lowest BCUT2D eigenvalue weighted by Gasteiger charge is -2.07. The van der Waals surface area contributed by atoms with Gasteiger partial charge in [0.15, 0.2) is 6.29 Å². The van der Waals surface area contributed by atoms with E-state index >= 15 is 0 Å². The molecule has 0 saturated carbocycles. The molecule has 0 amide bonds. The molecule has 0 aliphatic carbocycles. The van der Waals surface area contributed by atoms with Crippen LogP contribution in [0.5, 0.6) is 0 Å². The van der Waals surface area contributed by atoms with Crippen LogP contribution in [0.1, 0.15) is 39.0 Å². The molecule has 88 valence electrons. The molecule has 15 heavy (non-hydrogen) atoms. The predicted molar refractivity (Wildman–Crippen MR) is 55.4 cm³/mol. The van der Waals surface area contributed by atoms with Gasteiger partial charge in [-0.2, -0.15) is 0 Å². The van der Waals surface area contributed by atoms with Gasteiger partial charge in [0.25, 0.3) is 0 Å². The monoisotopic (exact) mass is 216 g/mol. The van der Waals surface area contributed by atoms with E-state index in [1.165, 1.54) is 0 Å². The highest BCUT2D eigenvalue weighted by molar-refractivity contribution is 5.69. The molecule has 1 saturated heterocycles. The first-order chi connectivity index (χ1) is 7.33. The molecule has 0 radical (unpaired) electrons. The first-order valence-electron chi connectivity index (χ1n) is 5.71. The van der Waals surface area contributed by atoms with Crippen LogP contribution in [0.25, 0.3) is 0 Å². The van der Waals surface area contributed by atoms with Gasteiger partial charge in [-0.05, 0) is 26.2 Å². The summed E-state index contributed by atoms with van der Waals surface area (Å²) >= 11 is 0. The highest BCUT2D eigenvalue weighted by Gasteiger charge is 2.14. The van der Waals surface area contributed by atoms with Crippen molar-refractivity contribution in [1.29, 1.82) is 0 Å². The van der Waals surface area contributed by atoms with Gasteiger partial charge in [0.05, 0.1) is 19.8 Å². The van der Waals surface area contributed by atoms with E-state index in [0.717, 1.165) is 25.7 Å². The molecular formula is C11H20O4. The first kappa shape index (κ1) is 12.5. The lowest BCUT2D eigenvalue weighted by atomic mass is 10.1. The van der Waals surface area contributed by atoms with Crippen molar-refractivity contribution in [3.05, 3.63) is 0 Å². The van der Waals surface area contributed by atoms with E-state index in [9.17, 15) is 4.79 Å². The van der Waals surface area contributed by atoms with Gasteiger partial charge < -0.3 is 14.2 Å². The quantitative estimate of drug-likeness (QED) is 0.481. The second-order valence-corrected chi connectivity index (χ2v) is 3.58. The molecule has 0 atom stereocenters. The summed E-state index contributed by atoms with van der Waals surface area (Å²) in [6.45, 7) is 3.73. The zero-order valence-electron chi connectivity index (χ0n) is 9.37. The largest absolute Gasteiger partial charge is 0.466 e. The third-order valence-electron chi connectivity index (χ3n) is 2.32. The second-order valence-electron chi connectivity index (χ2n) is 3.58. The smallest absolute Gasteiger partial charge is 0.305 e. The van der Waals surface area contributed by atoms with Crippen molar-refractivity contribution >= 4 is 5.97 Å². The molecule has 4 heteroatoms. The fraction of sp³-hybridized carbons (Fsp3) is 0.909. The Morgan fingerprint density at radius 1 is 1.27 bits per heavy atom. The van der Waals surface area contributed by atoms with Gasteiger partial charge in [-0.15, -0.1) is 0 Å². The molecule has 1 rings (SSSR count). The van der Waals surface area contributed by atoms with Crippen LogP contribution in [0.4, 0.5) is 0 Å². The van der Waals surface area contributed by atoms with Crippen LogP contribution in [0.15, 0.2) is 0 Å². The lowest BCUT2D eigenvalue weighted by molar-refractivity contribution is -0.143. The molecule has 0 aromatic carbocycles. The minimum atomic E-state index is -0.0918. The number of hydrogen-bond donors (Lipinski definition) is 0. The minimum Gasteiger partial charge on any atom is -0.466 e. The van der Waals surface area contributed by atoms with Crippen LogP contribution >= 0.6 is 0 Å². The summed E-state index contributed by atoms with van der Waals surface area (Å²) in [6, 6.07) is 0. The van der Waals surface area contributed by atoms with Crippen molar-refractivity contribution in [2.24, 2.45) is 0 Å². The van der Waals surface area contributed by atoms with Crippen molar-refractivity contribution in [2.75, 3.05) is 19.8 Å². The van der Waals surface area contributed by atoms with Crippen LogP contribution < -0.4 is 0 Å². The van der Waals surface area contributed by atoms with Crippen molar-refractivity contribution in [3.63, 3.8) is 0 Å². The van der Waals surface area contributed by atoms with Gasteiger partial charge in [-0.25, -0.2) is 0 Å². The van der Waals surface area contributed by atoms with E-state index in [0.29, 0.717) is 26.2 Å². The molecule has 0 aromatic heterocycles. The second kappa shape index (κ2) is 7.65. The number of rotatable bonds is 7. The molecule has 0 N–H and O–H groups in total. The van der Waals surface area contributed by atoms with E-state index in [4.69, 9.17) is 14.2 Å². The number of carbonyl (C=O) groups is 1. The van der Waals surface area contributed by atoms with E-state index in [1.807, 2.05) is 6.92 Å². The third kappa shape index (κ3) is 5.74. The van der Waals surface area contributed by atoms with Crippen molar-refractivity contribution < 1.29 is 19.0 Å². The summed E-state index contributed by atoms with van der Waals surface area (Å²) in [4.78, 5) is 11.0. The number of carbonyl (C=O) groups excluding carboxylic acids is 1. The Bertz CT molecular complexity index is 175. The maximum absolute atomic E-state index is 11.0. The van der Waals surface area contributed by atoms with E-state index in [-0.39, 0.29) is 12.3 Å². The Morgan fingerprint density at radius 3 is 2.67 bits per heavy atom. The van der Waals surface area contributed by atoms with Gasteiger partial charge in [0.2, 0.25) is 0 Å². The van der Waals surface area contributed by atoms with Crippen LogP contribution in [-0.2, 0) is 19.0 Å². The van der Waals surface area contributed by atoms with Crippen LogP contribution in [0.2, 0.25) is 0 Å². The minimum absolute atomic E-state index is 0.00686. The standard InChI is InChI=1S/C11H20O4/c1-2-13-10(12)6-4-3-5-7-11-14-8-9-15-11/h11H,2-9H2,1H3. The Kier molecular flexibility index (Phi) is 6.36. The Labute approximate surface area is 90.9 Å². The Morgan fingerprint density at radius 2 is 2.00 bits per heavy atom. The summed E-state index contributed by atoms with van der Waals surface area (Å²) in [6.07, 6.45) is 4.42. The first-order valence-corrected chi connectivity index (χ1v) is 5.71. The fourth-order valence-corrected chi connectivity index (χ4v) is 1.56. The molecule has 1 heterocycles. The molecule has 4 nitrogen and oxygen atoms in total. The van der Waals surface area contributed by atoms with Crippen molar-refractivity contribution in [1.82, 2.24) is 0 Å². The van der Waals surface area contributed by atoms with Gasteiger partial charge in [0, 0.05) is 6.42 Å². The number of unbranched alkanes of at least 4 members (excludes halogenated alkanes) is 2. The normalized spacial score (nSPS) is 16.9. The highest BCUT2D eigenvalue weighted by atomic mass is 16.7. The number of esters is 1. The summed E-state index contributed by atoms with van der Waals surface area (Å²) in [5, 5.41) is 0. The predicted octanol–water partition coefficient (Wildman–Crippen LogP) is 1.87. The van der Waals surface area contributed by atoms with Crippen LogP contribution in [-0.4, -0.2) is 32.1 Å². The van der Waals surface area contributed by atoms with Gasteiger partial charge in [0.1, 0.15) is 0 Å². The molecule has 0 spiro atoms. The average molecular weight is 216 g/mol. The lowest BCUT2D eigenvalue weighted by Crippen LogP contribution is -2.07. The highest BCUT2D eigenvalue weighted by Crippen LogP contribution is 2.13. The van der Waals surface area contributed by atoms with E-state index in [1.54, 1.807) is 0 Å². The molecule has 0 aromatic rings. The molecule has 0 unspecified atom stereocenters. The summed E-state index contributed by atoms with van der Waals surface area (Å²) in [5.41, 5.74) is 0. The van der Waals surface area contributed by atoms with E-state index in [2.05, 4.69) is 0 Å². The van der Waals surface area contributed by atoms with Crippen LogP contribution in [0, 0.1) is 0 Å². The van der Waals surface area contributed by atoms with Gasteiger partial charge >= 0.3 is 5.97 Å². The van der Waals surface area contributed by atoms with Gasteiger partial charge in [-0.3, -0.25) is 4.79 Å². The zero-order valence-corrected chi connectivity index (χ0v) is 9.37. The molecular weight excluding hydrogens is 196 g/mol.